The first-order valence-electron chi connectivity index (χ1n) is 9.09. The highest BCUT2D eigenvalue weighted by Crippen LogP contribution is 2.28. The molecule has 0 bridgehead atoms. The predicted molar refractivity (Wildman–Crippen MR) is 121 cm³/mol. The van der Waals surface area contributed by atoms with Crippen molar-refractivity contribution in [3.63, 3.8) is 0 Å². The summed E-state index contributed by atoms with van der Waals surface area (Å²) >= 11 is 13.0. The molecular weight excluding hydrogens is 403 g/mol. The lowest BCUT2D eigenvalue weighted by Gasteiger charge is -2.19. The summed E-state index contributed by atoms with van der Waals surface area (Å²) < 4.78 is 1.63. The predicted octanol–water partition coefficient (Wildman–Crippen LogP) is 6.66. The van der Waals surface area contributed by atoms with Gasteiger partial charge < -0.3 is 0 Å². The van der Waals surface area contributed by atoms with Crippen LogP contribution in [-0.2, 0) is 0 Å². The summed E-state index contributed by atoms with van der Waals surface area (Å²) in [4.78, 5) is 0. The quantitative estimate of drug-likeness (QED) is 0.267. The van der Waals surface area contributed by atoms with Crippen LogP contribution in [-0.4, -0.2) is 16.0 Å². The lowest BCUT2D eigenvalue weighted by atomic mass is 10.2. The Morgan fingerprint density at radius 2 is 1.38 bits per heavy atom. The van der Waals surface area contributed by atoms with E-state index in [2.05, 4.69) is 5.10 Å². The summed E-state index contributed by atoms with van der Waals surface area (Å²) in [6.07, 6.45) is 1.73. The van der Waals surface area contributed by atoms with E-state index in [1.807, 2.05) is 96.9 Å². The van der Waals surface area contributed by atoms with E-state index in [0.717, 1.165) is 28.3 Å². The minimum atomic E-state index is 0.459. The summed E-state index contributed by atoms with van der Waals surface area (Å²) in [5, 5.41) is 12.2. The fourth-order valence-corrected chi connectivity index (χ4v) is 3.51. The van der Waals surface area contributed by atoms with Crippen molar-refractivity contribution in [2.45, 2.75) is 6.92 Å². The summed E-state index contributed by atoms with van der Waals surface area (Å²) in [6, 6.07) is 27.4. The average Bonchev–Trinajstić information content (AvgIpc) is 3.04. The molecule has 1 heterocycles. The van der Waals surface area contributed by atoms with E-state index in [9.17, 15) is 0 Å². The zero-order valence-electron chi connectivity index (χ0n) is 15.7. The van der Waals surface area contributed by atoms with Crippen LogP contribution in [0.3, 0.4) is 0 Å². The van der Waals surface area contributed by atoms with Crippen LogP contribution in [0.25, 0.3) is 5.69 Å². The Hall–Kier alpha value is -3.08. The Bertz CT molecular complexity index is 1100. The molecule has 0 unspecified atom stereocenters. The number of aryl methyl sites for hydroxylation is 1. The van der Waals surface area contributed by atoms with Crippen molar-refractivity contribution in [1.82, 2.24) is 9.78 Å². The number of halogens is 2. The third-order valence-electron chi connectivity index (χ3n) is 4.43. The molecule has 4 nitrogen and oxygen atoms in total. The van der Waals surface area contributed by atoms with E-state index < -0.39 is 0 Å². The highest BCUT2D eigenvalue weighted by atomic mass is 35.5. The molecule has 0 fully saturated rings. The van der Waals surface area contributed by atoms with Crippen LogP contribution in [0.2, 0.25) is 10.2 Å². The second-order valence-electron chi connectivity index (χ2n) is 6.38. The fraction of sp³-hybridized carbons (Fsp3) is 0.0435. The monoisotopic (exact) mass is 420 g/mol. The van der Waals surface area contributed by atoms with E-state index in [4.69, 9.17) is 28.3 Å². The van der Waals surface area contributed by atoms with E-state index in [1.165, 1.54) is 0 Å². The number of aromatic nitrogens is 2. The maximum Gasteiger partial charge on any atom is 0.142 e. The van der Waals surface area contributed by atoms with Gasteiger partial charge in [0.15, 0.2) is 0 Å². The van der Waals surface area contributed by atoms with Gasteiger partial charge in [-0.15, -0.1) is 0 Å². The van der Waals surface area contributed by atoms with Gasteiger partial charge in [0.1, 0.15) is 5.15 Å². The zero-order valence-corrected chi connectivity index (χ0v) is 17.2. The molecule has 6 heteroatoms. The van der Waals surface area contributed by atoms with Gasteiger partial charge in [-0.1, -0.05) is 71.7 Å². The van der Waals surface area contributed by atoms with Crippen LogP contribution >= 0.6 is 23.2 Å². The molecule has 3 aromatic carbocycles. The van der Waals surface area contributed by atoms with Gasteiger partial charge in [-0.3, -0.25) is 0 Å². The van der Waals surface area contributed by atoms with E-state index >= 15 is 0 Å². The molecule has 0 saturated carbocycles. The number of benzene rings is 3. The number of hydrogen-bond acceptors (Lipinski definition) is 3. The highest BCUT2D eigenvalue weighted by molar-refractivity contribution is 6.34. The van der Waals surface area contributed by atoms with Crippen molar-refractivity contribution in [2.24, 2.45) is 5.10 Å². The van der Waals surface area contributed by atoms with E-state index in [1.54, 1.807) is 10.9 Å². The third kappa shape index (κ3) is 4.04. The SMILES string of the molecule is Cc1nn(-c2ccccc2Cl)c(Cl)c1/C=N\N(c1ccccc1)c1ccccc1. The molecule has 0 N–H and O–H groups in total. The van der Waals surface area contributed by atoms with E-state index in [0.29, 0.717) is 10.2 Å². The fourth-order valence-electron chi connectivity index (χ4n) is 2.98. The van der Waals surface area contributed by atoms with Crippen molar-refractivity contribution in [2.75, 3.05) is 5.01 Å². The van der Waals surface area contributed by atoms with Crippen LogP contribution in [0.1, 0.15) is 11.3 Å². The molecule has 144 valence electrons. The van der Waals surface area contributed by atoms with Crippen molar-refractivity contribution in [3.8, 4) is 5.69 Å². The zero-order chi connectivity index (χ0) is 20.2. The van der Waals surface area contributed by atoms with Crippen LogP contribution in [0.5, 0.6) is 0 Å². The molecular formula is C23H18Cl2N4. The standard InChI is InChI=1S/C23H18Cl2N4/c1-17-20(23(25)29(27-17)22-15-9-8-14-21(22)24)16-26-28(18-10-4-2-5-11-18)19-12-6-3-7-13-19/h2-16H,1H3/b26-16-. The Balaban J connectivity index is 1.75. The van der Waals surface area contributed by atoms with Crippen LogP contribution < -0.4 is 5.01 Å². The number of anilines is 2. The molecule has 0 spiro atoms. The number of rotatable bonds is 5. The number of nitrogens with zero attached hydrogens (tertiary/aromatic N) is 4. The van der Waals surface area contributed by atoms with Gasteiger partial charge in [-0.25, -0.2) is 9.69 Å². The van der Waals surface area contributed by atoms with Crippen LogP contribution in [0, 0.1) is 6.92 Å². The molecule has 4 rings (SSSR count). The van der Waals surface area contributed by atoms with E-state index in [-0.39, 0.29) is 0 Å². The van der Waals surface area contributed by atoms with Gasteiger partial charge in [-0.05, 0) is 43.3 Å². The molecule has 0 aliphatic heterocycles. The van der Waals surface area contributed by atoms with Crippen LogP contribution in [0.15, 0.2) is 90.0 Å². The minimum absolute atomic E-state index is 0.459. The summed E-state index contributed by atoms with van der Waals surface area (Å²) in [6.45, 7) is 1.90. The van der Waals surface area contributed by atoms with Crippen molar-refractivity contribution in [1.29, 1.82) is 0 Å². The third-order valence-corrected chi connectivity index (χ3v) is 5.12. The topological polar surface area (TPSA) is 33.4 Å². The molecule has 0 saturated heterocycles. The van der Waals surface area contributed by atoms with Gasteiger partial charge >= 0.3 is 0 Å². The summed E-state index contributed by atoms with van der Waals surface area (Å²) in [5.74, 6) is 0. The smallest absolute Gasteiger partial charge is 0.142 e. The van der Waals surface area contributed by atoms with Crippen molar-refractivity contribution < 1.29 is 0 Å². The van der Waals surface area contributed by atoms with Crippen molar-refractivity contribution >= 4 is 40.8 Å². The Morgan fingerprint density at radius 3 is 1.97 bits per heavy atom. The van der Waals surface area contributed by atoms with Gasteiger partial charge in [0.25, 0.3) is 0 Å². The molecule has 0 radical (unpaired) electrons. The van der Waals surface area contributed by atoms with Gasteiger partial charge in [-0.2, -0.15) is 10.2 Å². The second kappa shape index (κ2) is 8.52. The number of hydrogen-bond donors (Lipinski definition) is 0. The number of para-hydroxylation sites is 3. The maximum absolute atomic E-state index is 6.64. The van der Waals surface area contributed by atoms with Gasteiger partial charge in [0, 0.05) is 0 Å². The molecule has 29 heavy (non-hydrogen) atoms. The second-order valence-corrected chi connectivity index (χ2v) is 7.15. The Kier molecular flexibility index (Phi) is 5.65. The largest absolute Gasteiger partial charge is 0.234 e. The first-order chi connectivity index (χ1) is 14.1. The molecule has 4 aromatic rings. The summed E-state index contributed by atoms with van der Waals surface area (Å²) in [7, 11) is 0. The lowest BCUT2D eigenvalue weighted by Crippen LogP contribution is -2.09. The molecule has 0 aliphatic carbocycles. The molecule has 0 aliphatic rings. The minimum Gasteiger partial charge on any atom is -0.234 e. The van der Waals surface area contributed by atoms with Crippen molar-refractivity contribution in [3.05, 3.63) is 106 Å². The summed E-state index contributed by atoms with van der Waals surface area (Å²) in [5.41, 5.74) is 4.12. The normalized spacial score (nSPS) is 11.1. The lowest BCUT2D eigenvalue weighted by molar-refractivity contribution is 0.863. The molecule has 1 aromatic heterocycles. The highest BCUT2D eigenvalue weighted by Gasteiger charge is 2.16. The maximum atomic E-state index is 6.64. The van der Waals surface area contributed by atoms with Gasteiger partial charge in [0.05, 0.1) is 39.6 Å². The average molecular weight is 421 g/mol. The molecule has 0 amide bonds. The first-order valence-corrected chi connectivity index (χ1v) is 9.85. The van der Waals surface area contributed by atoms with Gasteiger partial charge in [0.2, 0.25) is 0 Å². The first kappa shape index (κ1) is 19.2. The number of hydrazone groups is 1. The molecule has 0 atom stereocenters. The Labute approximate surface area is 179 Å². The van der Waals surface area contributed by atoms with Crippen LogP contribution in [0.4, 0.5) is 11.4 Å². The Morgan fingerprint density at radius 1 is 0.828 bits per heavy atom.